The van der Waals surface area contributed by atoms with Gasteiger partial charge >= 0.3 is 12.0 Å². The van der Waals surface area contributed by atoms with Crippen molar-refractivity contribution in [3.63, 3.8) is 0 Å². The molecule has 0 unspecified atom stereocenters. The van der Waals surface area contributed by atoms with Gasteiger partial charge < -0.3 is 20.8 Å². The minimum Gasteiger partial charge on any atom is -0.507 e. The van der Waals surface area contributed by atoms with E-state index < -0.39 is 17.7 Å². The van der Waals surface area contributed by atoms with Crippen molar-refractivity contribution in [2.24, 2.45) is 0 Å². The molecule has 0 fully saturated rings. The first-order valence-corrected chi connectivity index (χ1v) is 5.75. The molecule has 0 aliphatic heterocycles. The fourth-order valence-corrected chi connectivity index (χ4v) is 1.61. The fraction of sp³-hybridized carbons (Fsp3) is 0. The molecule has 0 spiro atoms. The van der Waals surface area contributed by atoms with Crippen LogP contribution in [0, 0.1) is 0 Å². The van der Waals surface area contributed by atoms with Gasteiger partial charge in [0.25, 0.3) is 0 Å². The molecule has 0 atom stereocenters. The van der Waals surface area contributed by atoms with E-state index in [0.29, 0.717) is 11.4 Å². The SMILES string of the molecule is O=C(Nc1ccccc1)Nc1ccc(C(=O)O)c(O)c1. The molecule has 0 aliphatic rings. The van der Waals surface area contributed by atoms with Crippen LogP contribution in [-0.2, 0) is 0 Å². The van der Waals surface area contributed by atoms with Crippen LogP contribution in [-0.4, -0.2) is 22.2 Å². The molecule has 0 saturated heterocycles. The average molecular weight is 272 g/mol. The zero-order chi connectivity index (χ0) is 14.5. The number of hydrogen-bond donors (Lipinski definition) is 4. The Kier molecular flexibility index (Phi) is 3.85. The highest BCUT2D eigenvalue weighted by Crippen LogP contribution is 2.22. The Bertz CT molecular complexity index is 641. The van der Waals surface area contributed by atoms with E-state index in [1.165, 1.54) is 18.2 Å². The molecule has 102 valence electrons. The lowest BCUT2D eigenvalue weighted by Gasteiger charge is -2.08. The minimum absolute atomic E-state index is 0.223. The molecule has 6 nitrogen and oxygen atoms in total. The van der Waals surface area contributed by atoms with Gasteiger partial charge in [0.2, 0.25) is 0 Å². The highest BCUT2D eigenvalue weighted by atomic mass is 16.4. The molecule has 0 aliphatic carbocycles. The lowest BCUT2D eigenvalue weighted by molar-refractivity contribution is 0.0694. The van der Waals surface area contributed by atoms with Crippen molar-refractivity contribution in [1.82, 2.24) is 0 Å². The van der Waals surface area contributed by atoms with Gasteiger partial charge in [-0.25, -0.2) is 9.59 Å². The minimum atomic E-state index is -1.23. The number of carboxylic acids is 1. The number of rotatable bonds is 3. The van der Waals surface area contributed by atoms with Gasteiger partial charge in [-0.15, -0.1) is 0 Å². The maximum Gasteiger partial charge on any atom is 0.339 e. The Balaban J connectivity index is 2.05. The Hall–Kier alpha value is -3.02. The largest absolute Gasteiger partial charge is 0.507 e. The summed E-state index contributed by atoms with van der Waals surface area (Å²) in [5.41, 5.74) is 0.691. The van der Waals surface area contributed by atoms with Crippen molar-refractivity contribution in [2.75, 3.05) is 10.6 Å². The number of amides is 2. The van der Waals surface area contributed by atoms with Crippen molar-refractivity contribution < 1.29 is 19.8 Å². The van der Waals surface area contributed by atoms with Crippen LogP contribution in [0.2, 0.25) is 0 Å². The van der Waals surface area contributed by atoms with E-state index in [4.69, 9.17) is 5.11 Å². The molecule has 0 radical (unpaired) electrons. The molecule has 20 heavy (non-hydrogen) atoms. The number of carbonyl (C=O) groups is 2. The third kappa shape index (κ3) is 3.26. The summed E-state index contributed by atoms with van der Waals surface area (Å²) in [5.74, 6) is -1.64. The van der Waals surface area contributed by atoms with Gasteiger partial charge in [-0.05, 0) is 24.3 Å². The third-order valence-corrected chi connectivity index (χ3v) is 2.52. The van der Waals surface area contributed by atoms with Crippen LogP contribution in [0.5, 0.6) is 5.75 Å². The van der Waals surface area contributed by atoms with E-state index >= 15 is 0 Å². The van der Waals surface area contributed by atoms with Crippen LogP contribution in [0.4, 0.5) is 16.2 Å². The van der Waals surface area contributed by atoms with Crippen LogP contribution in [0.25, 0.3) is 0 Å². The topological polar surface area (TPSA) is 98.7 Å². The van der Waals surface area contributed by atoms with Crippen molar-refractivity contribution >= 4 is 23.4 Å². The van der Waals surface area contributed by atoms with Gasteiger partial charge in [0.15, 0.2) is 0 Å². The first kappa shape index (κ1) is 13.4. The molecule has 2 rings (SSSR count). The quantitative estimate of drug-likeness (QED) is 0.690. The van der Waals surface area contributed by atoms with Gasteiger partial charge in [0.1, 0.15) is 11.3 Å². The number of urea groups is 1. The predicted octanol–water partition coefficient (Wildman–Crippen LogP) is 2.73. The second-order valence-corrected chi connectivity index (χ2v) is 3.98. The van der Waals surface area contributed by atoms with Gasteiger partial charge in [0, 0.05) is 17.4 Å². The Morgan fingerprint density at radius 2 is 1.55 bits per heavy atom. The number of carbonyl (C=O) groups excluding carboxylic acids is 1. The summed E-state index contributed by atoms with van der Waals surface area (Å²) in [7, 11) is 0. The summed E-state index contributed by atoms with van der Waals surface area (Å²) in [6.45, 7) is 0. The zero-order valence-electron chi connectivity index (χ0n) is 10.3. The monoisotopic (exact) mass is 272 g/mol. The Labute approximate surface area is 114 Å². The second-order valence-electron chi connectivity index (χ2n) is 3.98. The Morgan fingerprint density at radius 3 is 2.15 bits per heavy atom. The van der Waals surface area contributed by atoms with Crippen molar-refractivity contribution in [1.29, 1.82) is 0 Å². The number of anilines is 2. The highest BCUT2D eigenvalue weighted by Gasteiger charge is 2.10. The first-order chi connectivity index (χ1) is 9.56. The van der Waals surface area contributed by atoms with Crippen molar-refractivity contribution in [3.8, 4) is 5.75 Å². The zero-order valence-corrected chi connectivity index (χ0v) is 10.3. The van der Waals surface area contributed by atoms with Gasteiger partial charge in [-0.1, -0.05) is 18.2 Å². The number of phenols is 1. The smallest absolute Gasteiger partial charge is 0.339 e. The number of para-hydroxylation sites is 1. The lowest BCUT2D eigenvalue weighted by Crippen LogP contribution is -2.19. The number of aromatic carboxylic acids is 1. The second kappa shape index (κ2) is 5.75. The molecule has 2 aromatic carbocycles. The summed E-state index contributed by atoms with van der Waals surface area (Å²) < 4.78 is 0. The summed E-state index contributed by atoms with van der Waals surface area (Å²) >= 11 is 0. The molecule has 2 aromatic rings. The molecular weight excluding hydrogens is 260 g/mol. The summed E-state index contributed by atoms with van der Waals surface area (Å²) in [4.78, 5) is 22.4. The number of aromatic hydroxyl groups is 1. The molecular formula is C14H12N2O4. The van der Waals surface area contributed by atoms with Gasteiger partial charge in [-0.3, -0.25) is 0 Å². The molecule has 0 aromatic heterocycles. The molecule has 6 heteroatoms. The third-order valence-electron chi connectivity index (χ3n) is 2.52. The summed E-state index contributed by atoms with van der Waals surface area (Å²) in [5, 5.41) is 23.4. The molecule has 2 amide bonds. The van der Waals surface area contributed by atoms with Crippen LogP contribution < -0.4 is 10.6 Å². The van der Waals surface area contributed by atoms with Crippen LogP contribution in [0.1, 0.15) is 10.4 Å². The van der Waals surface area contributed by atoms with Crippen LogP contribution in [0.3, 0.4) is 0 Å². The summed E-state index contributed by atoms with van der Waals surface area (Å²) in [6, 6.07) is 12.1. The van der Waals surface area contributed by atoms with E-state index in [9.17, 15) is 14.7 Å². The van der Waals surface area contributed by atoms with E-state index in [2.05, 4.69) is 10.6 Å². The van der Waals surface area contributed by atoms with E-state index in [0.717, 1.165) is 0 Å². The Morgan fingerprint density at radius 1 is 0.900 bits per heavy atom. The number of benzene rings is 2. The standard InChI is InChI=1S/C14H12N2O4/c17-12-8-10(6-7-11(12)13(18)19)16-14(20)15-9-4-2-1-3-5-9/h1-8,17H,(H,18,19)(H2,15,16,20). The van der Waals surface area contributed by atoms with E-state index in [1.54, 1.807) is 24.3 Å². The molecule has 0 saturated carbocycles. The molecule has 0 bridgehead atoms. The van der Waals surface area contributed by atoms with Gasteiger partial charge in [-0.2, -0.15) is 0 Å². The average Bonchev–Trinajstić information content (AvgIpc) is 2.39. The highest BCUT2D eigenvalue weighted by molar-refractivity contribution is 6.00. The van der Waals surface area contributed by atoms with Crippen molar-refractivity contribution in [3.05, 3.63) is 54.1 Å². The number of carboxylic acid groups (broad SMARTS) is 1. The molecule has 0 heterocycles. The maximum absolute atomic E-state index is 11.7. The van der Waals surface area contributed by atoms with Gasteiger partial charge in [0.05, 0.1) is 0 Å². The van der Waals surface area contributed by atoms with E-state index in [-0.39, 0.29) is 5.56 Å². The predicted molar refractivity (Wildman–Crippen MR) is 74.1 cm³/mol. The van der Waals surface area contributed by atoms with E-state index in [1.807, 2.05) is 6.07 Å². The number of hydrogen-bond acceptors (Lipinski definition) is 3. The normalized spacial score (nSPS) is 9.80. The number of nitrogens with one attached hydrogen (secondary N) is 2. The summed E-state index contributed by atoms with van der Waals surface area (Å²) in [6.07, 6.45) is 0. The molecule has 4 N–H and O–H groups in total. The first-order valence-electron chi connectivity index (χ1n) is 5.75. The van der Waals surface area contributed by atoms with Crippen LogP contribution in [0.15, 0.2) is 48.5 Å². The van der Waals surface area contributed by atoms with Crippen LogP contribution >= 0.6 is 0 Å². The fourth-order valence-electron chi connectivity index (χ4n) is 1.61. The van der Waals surface area contributed by atoms with Crippen molar-refractivity contribution in [2.45, 2.75) is 0 Å². The lowest BCUT2D eigenvalue weighted by atomic mass is 10.2. The maximum atomic E-state index is 11.7.